The number of ketones is 4. The minimum absolute atomic E-state index is 0.0473. The number of benzene rings is 8. The van der Waals surface area contributed by atoms with Gasteiger partial charge in [-0.3, -0.25) is 43.3 Å². The number of hydrogen-bond acceptors (Lipinski definition) is 33. The quantitative estimate of drug-likeness (QED) is 0.0175. The first kappa shape index (κ1) is 109. The van der Waals surface area contributed by atoms with Crippen molar-refractivity contribution in [3.05, 3.63) is 302 Å². The molecule has 6 fully saturated rings. The second-order valence-corrected chi connectivity index (χ2v) is 38.2. The number of anilines is 5. The first-order chi connectivity index (χ1) is 73.0. The smallest absolute Gasteiger partial charge is 0.230 e. The lowest BCUT2D eigenvalue weighted by Gasteiger charge is -2.29. The molecule has 6 aliphatic heterocycles. The van der Waals surface area contributed by atoms with Crippen molar-refractivity contribution in [3.8, 4) is 23.0 Å². The number of carbonyl (C=O) groups is 8. The van der Waals surface area contributed by atoms with Crippen LogP contribution in [0.4, 0.5) is 29.5 Å². The summed E-state index contributed by atoms with van der Waals surface area (Å²) in [5.41, 5.74) is 14.2. The van der Waals surface area contributed by atoms with Crippen LogP contribution in [-0.2, 0) is 166 Å². The third kappa shape index (κ3) is 34.5. The van der Waals surface area contributed by atoms with Gasteiger partial charge < -0.3 is 79.7 Å². The number of ether oxygens (including phenoxy) is 5. The lowest BCUT2D eigenvalue weighted by atomic mass is 10.1. The molecule has 0 spiro atoms. The Kier molecular flexibility index (Phi) is 40.1. The fourth-order valence-corrected chi connectivity index (χ4v) is 17.9. The summed E-state index contributed by atoms with van der Waals surface area (Å²) in [5.74, 6) is 8.44. The molecule has 37 nitrogen and oxygen atoms in total. The summed E-state index contributed by atoms with van der Waals surface area (Å²) < 4.78 is 26.0. The van der Waals surface area contributed by atoms with Crippen molar-refractivity contribution in [3.63, 3.8) is 0 Å². The maximum Gasteiger partial charge on any atom is 0.230 e. The topological polar surface area (TPSA) is 420 Å². The third-order valence-corrected chi connectivity index (χ3v) is 26.1. The number of amides is 4. The predicted octanol–water partition coefficient (Wildman–Crippen LogP) is 11.7. The van der Waals surface area contributed by atoms with Crippen molar-refractivity contribution in [1.29, 1.82) is 0 Å². The molecular formula is C113H134N24O13. The largest absolute Gasteiger partial charge is 0.497 e. The summed E-state index contributed by atoms with van der Waals surface area (Å²) in [7, 11) is 12.4. The molecule has 10 heterocycles. The molecule has 0 aliphatic carbocycles. The van der Waals surface area contributed by atoms with E-state index in [-0.39, 0.29) is 125 Å². The maximum absolute atomic E-state index is 12.2. The van der Waals surface area contributed by atoms with Gasteiger partial charge in [-0.05, 0) is 207 Å². The van der Waals surface area contributed by atoms with Crippen LogP contribution in [0.1, 0.15) is 166 Å². The molecule has 18 rings (SSSR count). The van der Waals surface area contributed by atoms with Gasteiger partial charge >= 0.3 is 0 Å². The van der Waals surface area contributed by atoms with E-state index in [4.69, 9.17) is 23.7 Å². The molecule has 0 atom stereocenters. The third-order valence-electron chi connectivity index (χ3n) is 26.1. The van der Waals surface area contributed by atoms with Gasteiger partial charge in [0.1, 0.15) is 46.3 Å². The Labute approximate surface area is 875 Å². The Hall–Kier alpha value is -15.6. The Balaban J connectivity index is 0.000000149. The second kappa shape index (κ2) is 55.4. The first-order valence-electron chi connectivity index (χ1n) is 51.2. The van der Waals surface area contributed by atoms with E-state index in [1.807, 2.05) is 97.1 Å². The monoisotopic (exact) mass is 2040 g/mol. The number of nitrogens with zero attached hydrogens (tertiary/aromatic N) is 19. The molecule has 8 aromatic carbocycles. The summed E-state index contributed by atoms with van der Waals surface area (Å²) in [6, 6.07) is 65.6. The van der Waals surface area contributed by atoms with Gasteiger partial charge in [-0.2, -0.15) is 39.9 Å². The minimum Gasteiger partial charge on any atom is -0.497 e. The fourth-order valence-electron chi connectivity index (χ4n) is 17.9. The molecule has 4 aromatic heterocycles. The molecule has 6 aliphatic rings. The highest BCUT2D eigenvalue weighted by Gasteiger charge is 2.33. The molecule has 6 saturated heterocycles. The number of nitrogens with one attached hydrogen (secondary N) is 5. The Bertz CT molecular complexity index is 6500. The highest BCUT2D eigenvalue weighted by molar-refractivity contribution is 6.07. The molecule has 4 amide bonds. The van der Waals surface area contributed by atoms with Gasteiger partial charge in [0.15, 0.2) is 46.4 Å². The number of aryl methyl sites for hydroxylation is 8. The van der Waals surface area contributed by atoms with Crippen LogP contribution < -0.4 is 50.4 Å². The Morgan fingerprint density at radius 2 is 0.573 bits per heavy atom. The standard InChI is InChI=1S/2C29H34N6O3.C28H34N6O4.C27H32N6O3/c1-38-25-11-8-22(9-12-25)17-30-29-32-26(31-27(33-29)20-35-19-24(36)16-28(35)37)13-10-21-4-6-23(7-5-21)18-34-14-2-3-15-34;1-38-25-11-8-22(9-12-25)18-30-29-32-26(31-27(33-29)20-35-19-24(36)17-28(35)37)13-10-21-6-5-7-23(16-21)34-14-3-2-4-15-34;1-37-14-13-29-16-21-5-3-20(4-6-21)9-12-25-31-26(19-34-18-23(35)15-27(34)36)33-28(32-25)30-17-22-7-10-24(38-2)11-8-22;1-32(2)16-21-6-4-19(5-7-21)10-13-24-29-25(18-33-17-22(34)14-26(33)35)31-27(30-24)28-15-20-8-11-23(36-3)12-9-20/h4-9,11-12H,2-3,10,13-20H2,1H3,(H,30,31,32,33);5-9,11-12,16H,2-4,10,13-15,17-20H2,1H3,(H,30,31,32,33);3-8,10-11,29H,9,12-19H2,1-2H3,(H,30,31,32,33);4-9,11-12H,10,13-18H2,1-3H3,(H,28,29,30,31). The second-order valence-electron chi connectivity index (χ2n) is 38.2. The van der Waals surface area contributed by atoms with Gasteiger partial charge in [0, 0.05) is 104 Å². The first-order valence-corrected chi connectivity index (χ1v) is 51.2. The molecule has 0 bridgehead atoms. The molecule has 12 aromatic rings. The van der Waals surface area contributed by atoms with E-state index < -0.39 is 0 Å². The van der Waals surface area contributed by atoms with Gasteiger partial charge in [0.05, 0.1) is 113 Å². The molecule has 0 radical (unpaired) electrons. The van der Waals surface area contributed by atoms with Gasteiger partial charge in [0.25, 0.3) is 0 Å². The average Bonchev–Trinajstić information content (AvgIpc) is 1.64. The van der Waals surface area contributed by atoms with Crippen molar-refractivity contribution in [1.82, 2.24) is 94.5 Å². The Morgan fingerprint density at radius 1 is 0.287 bits per heavy atom. The normalized spacial score (nSPS) is 14.6. The minimum atomic E-state index is -0.193. The van der Waals surface area contributed by atoms with E-state index in [0.29, 0.717) is 129 Å². The zero-order valence-electron chi connectivity index (χ0n) is 86.6. The fraction of sp³-hybridized carbons (Fsp3) is 0.398. The molecule has 150 heavy (non-hydrogen) atoms. The van der Waals surface area contributed by atoms with E-state index in [2.05, 4.69) is 212 Å². The van der Waals surface area contributed by atoms with Gasteiger partial charge in [-0.25, -0.2) is 19.9 Å². The number of rotatable bonds is 46. The van der Waals surface area contributed by atoms with Crippen molar-refractivity contribution in [2.24, 2.45) is 0 Å². The van der Waals surface area contributed by atoms with Crippen molar-refractivity contribution in [2.75, 3.05) is 141 Å². The van der Waals surface area contributed by atoms with Crippen molar-refractivity contribution in [2.45, 2.75) is 181 Å². The van der Waals surface area contributed by atoms with Crippen LogP contribution in [0, 0.1) is 0 Å². The van der Waals surface area contributed by atoms with Crippen LogP contribution in [0.5, 0.6) is 23.0 Å². The molecule has 5 N–H and O–H groups in total. The predicted molar refractivity (Wildman–Crippen MR) is 568 cm³/mol. The molecule has 0 unspecified atom stereocenters. The molecule has 37 heteroatoms. The van der Waals surface area contributed by atoms with Crippen LogP contribution in [0.3, 0.4) is 0 Å². The van der Waals surface area contributed by atoms with E-state index in [1.54, 1.807) is 35.5 Å². The summed E-state index contributed by atoms with van der Waals surface area (Å²) in [5, 5.41) is 16.5. The number of carbonyl (C=O) groups excluding carboxylic acids is 8. The lowest BCUT2D eigenvalue weighted by molar-refractivity contribution is -0.129. The van der Waals surface area contributed by atoms with Crippen LogP contribution in [0.25, 0.3) is 0 Å². The highest BCUT2D eigenvalue weighted by Crippen LogP contribution is 2.27. The maximum atomic E-state index is 12.2. The molecule has 784 valence electrons. The van der Waals surface area contributed by atoms with Crippen LogP contribution in [0.15, 0.2) is 194 Å². The van der Waals surface area contributed by atoms with E-state index in [0.717, 1.165) is 110 Å². The summed E-state index contributed by atoms with van der Waals surface area (Å²) in [4.78, 5) is 164. The van der Waals surface area contributed by atoms with Gasteiger partial charge in [0.2, 0.25) is 47.4 Å². The highest BCUT2D eigenvalue weighted by atomic mass is 16.5. The van der Waals surface area contributed by atoms with Gasteiger partial charge in [-0.15, -0.1) is 0 Å². The number of likely N-dealkylation sites (tertiary alicyclic amines) is 5. The molecule has 0 saturated carbocycles. The van der Waals surface area contributed by atoms with Gasteiger partial charge in [-0.1, -0.05) is 133 Å². The van der Waals surface area contributed by atoms with E-state index in [9.17, 15) is 38.4 Å². The average molecular weight is 2040 g/mol. The SMILES string of the molecule is COCCNCc1ccc(CCc2nc(CN3CC(=O)CC3=O)nc(NCc3ccc(OC)cc3)n2)cc1.COc1ccc(CNc2nc(CCc3ccc(CN(C)C)cc3)nc(CN3CC(=O)CC3=O)n2)cc1.COc1ccc(CNc2nc(CCc3ccc(CN4CCCC4)cc3)nc(CN3CC(=O)CC3=O)n2)cc1.COc1ccc(CNc2nc(CCc3cccc(N4CCCCC4)c3)nc(CN3CC(=O)CC3=O)n2)cc1. The number of methoxy groups -OCH3 is 5. The van der Waals surface area contributed by atoms with Crippen molar-refractivity contribution >= 4 is 76.2 Å². The number of aromatic nitrogens is 12. The summed E-state index contributed by atoms with van der Waals surface area (Å²) in [6.07, 6.45) is 11.9. The van der Waals surface area contributed by atoms with E-state index in [1.165, 1.54) is 109 Å². The number of piperidine rings is 1. The summed E-state index contributed by atoms with van der Waals surface area (Å²) >= 11 is 0. The zero-order valence-corrected chi connectivity index (χ0v) is 86.6. The van der Waals surface area contributed by atoms with Crippen LogP contribution >= 0.6 is 0 Å². The number of hydrogen-bond donors (Lipinski definition) is 5. The number of Topliss-reactive ketones (excluding diaryl/α,β-unsaturated/α-hetero) is 4. The summed E-state index contributed by atoms with van der Waals surface area (Å²) in [6.45, 7) is 12.1. The zero-order chi connectivity index (χ0) is 105. The Morgan fingerprint density at radius 3 is 0.880 bits per heavy atom. The van der Waals surface area contributed by atoms with E-state index >= 15 is 0 Å². The molecular weight excluding hydrogens is 1900 g/mol. The van der Waals surface area contributed by atoms with Crippen molar-refractivity contribution < 1.29 is 62.0 Å². The van der Waals surface area contributed by atoms with Crippen LogP contribution in [0.2, 0.25) is 0 Å². The lowest BCUT2D eigenvalue weighted by Crippen LogP contribution is -2.29. The van der Waals surface area contributed by atoms with Crippen LogP contribution in [-0.4, -0.2) is 251 Å².